The summed E-state index contributed by atoms with van der Waals surface area (Å²) in [5.41, 5.74) is 2.38. The molecule has 0 atom stereocenters. The summed E-state index contributed by atoms with van der Waals surface area (Å²) in [6.07, 6.45) is 2.06. The lowest BCUT2D eigenvalue weighted by atomic mass is 10.2. The summed E-state index contributed by atoms with van der Waals surface area (Å²) >= 11 is 5.89. The van der Waals surface area contributed by atoms with Crippen molar-refractivity contribution in [3.8, 4) is 0 Å². The van der Waals surface area contributed by atoms with Crippen molar-refractivity contribution in [1.82, 2.24) is 10.6 Å². The van der Waals surface area contributed by atoms with Gasteiger partial charge in [-0.25, -0.2) is 0 Å². The smallest absolute Gasteiger partial charge is 0.191 e. The first-order valence-electron chi connectivity index (χ1n) is 8.58. The van der Waals surface area contributed by atoms with Crippen molar-refractivity contribution in [1.29, 1.82) is 0 Å². The summed E-state index contributed by atoms with van der Waals surface area (Å²) in [4.78, 5) is 4.23. The normalized spacial score (nSPS) is 11.4. The van der Waals surface area contributed by atoms with Crippen LogP contribution in [0.4, 0.5) is 0 Å². The van der Waals surface area contributed by atoms with Gasteiger partial charge in [-0.15, -0.1) is 0 Å². The second kappa shape index (κ2) is 11.5. The Morgan fingerprint density at radius 2 is 1.72 bits per heavy atom. The minimum Gasteiger partial charge on any atom is -0.377 e. The number of guanidine groups is 1. The van der Waals surface area contributed by atoms with Crippen molar-refractivity contribution >= 4 is 17.6 Å². The van der Waals surface area contributed by atoms with Gasteiger partial charge in [-0.1, -0.05) is 54.1 Å². The first kappa shape index (κ1) is 19.3. The molecule has 0 amide bonds. The largest absolute Gasteiger partial charge is 0.377 e. The SMILES string of the molecule is CN=C(NCCCCOCc1ccccc1)NCc1ccc(Cl)cc1. The van der Waals surface area contributed by atoms with E-state index in [0.717, 1.165) is 43.5 Å². The molecule has 0 aliphatic heterocycles. The molecule has 5 heteroatoms. The first-order valence-corrected chi connectivity index (χ1v) is 8.96. The Hall–Kier alpha value is -2.04. The van der Waals surface area contributed by atoms with Crippen molar-refractivity contribution < 1.29 is 4.74 Å². The Labute approximate surface area is 155 Å². The molecule has 2 N–H and O–H groups in total. The van der Waals surface area contributed by atoms with Crippen molar-refractivity contribution in [2.75, 3.05) is 20.2 Å². The molecule has 2 aromatic carbocycles. The van der Waals surface area contributed by atoms with Crippen LogP contribution in [0, 0.1) is 0 Å². The Balaban J connectivity index is 1.53. The van der Waals surface area contributed by atoms with Crippen molar-refractivity contribution in [3.63, 3.8) is 0 Å². The maximum absolute atomic E-state index is 5.89. The number of hydrogen-bond acceptors (Lipinski definition) is 2. The minimum absolute atomic E-state index is 0.679. The van der Waals surface area contributed by atoms with Gasteiger partial charge in [0.15, 0.2) is 5.96 Å². The number of unbranched alkanes of at least 4 members (excludes halogenated alkanes) is 1. The predicted octanol–water partition coefficient (Wildman–Crippen LogP) is 4.00. The number of hydrogen-bond donors (Lipinski definition) is 2. The molecule has 0 bridgehead atoms. The zero-order valence-electron chi connectivity index (χ0n) is 14.7. The van der Waals surface area contributed by atoms with E-state index in [1.54, 1.807) is 7.05 Å². The highest BCUT2D eigenvalue weighted by Crippen LogP contribution is 2.09. The van der Waals surface area contributed by atoms with E-state index in [-0.39, 0.29) is 0 Å². The van der Waals surface area contributed by atoms with Crippen molar-refractivity contribution in [2.24, 2.45) is 4.99 Å². The van der Waals surface area contributed by atoms with Crippen LogP contribution in [0.25, 0.3) is 0 Å². The molecule has 0 aliphatic carbocycles. The Kier molecular flexibility index (Phi) is 8.87. The van der Waals surface area contributed by atoms with E-state index < -0.39 is 0 Å². The summed E-state index contributed by atoms with van der Waals surface area (Å²) in [7, 11) is 1.78. The zero-order chi connectivity index (χ0) is 17.7. The zero-order valence-corrected chi connectivity index (χ0v) is 15.4. The van der Waals surface area contributed by atoms with Gasteiger partial charge in [-0.2, -0.15) is 0 Å². The summed E-state index contributed by atoms with van der Waals surface area (Å²) in [6, 6.07) is 18.0. The van der Waals surface area contributed by atoms with Crippen LogP contribution in [0.1, 0.15) is 24.0 Å². The average molecular weight is 360 g/mol. The molecule has 4 nitrogen and oxygen atoms in total. The second-order valence-corrected chi connectivity index (χ2v) is 6.16. The van der Waals surface area contributed by atoms with Gasteiger partial charge in [0.1, 0.15) is 0 Å². The molecule has 0 spiro atoms. The summed E-state index contributed by atoms with van der Waals surface area (Å²) in [5, 5.41) is 7.36. The maximum Gasteiger partial charge on any atom is 0.191 e. The van der Waals surface area contributed by atoms with E-state index >= 15 is 0 Å². The second-order valence-electron chi connectivity index (χ2n) is 5.72. The third kappa shape index (κ3) is 8.05. The lowest BCUT2D eigenvalue weighted by Crippen LogP contribution is -2.37. The Morgan fingerprint density at radius 1 is 0.960 bits per heavy atom. The highest BCUT2D eigenvalue weighted by atomic mass is 35.5. The van der Waals surface area contributed by atoms with Crippen LogP contribution >= 0.6 is 11.6 Å². The molecule has 0 aromatic heterocycles. The van der Waals surface area contributed by atoms with Gasteiger partial charge in [0.25, 0.3) is 0 Å². The fourth-order valence-electron chi connectivity index (χ4n) is 2.31. The highest BCUT2D eigenvalue weighted by Gasteiger charge is 1.99. The van der Waals surface area contributed by atoms with Gasteiger partial charge in [0.05, 0.1) is 6.61 Å². The molecule has 134 valence electrons. The molecule has 0 heterocycles. The predicted molar refractivity (Wildman–Crippen MR) is 105 cm³/mol. The average Bonchev–Trinajstić information content (AvgIpc) is 2.65. The molecule has 2 rings (SSSR count). The van der Waals surface area contributed by atoms with Crippen LogP contribution in [0.2, 0.25) is 5.02 Å². The van der Waals surface area contributed by atoms with Crippen LogP contribution in [-0.4, -0.2) is 26.2 Å². The minimum atomic E-state index is 0.679. The number of nitrogens with one attached hydrogen (secondary N) is 2. The molecule has 0 fully saturated rings. The Morgan fingerprint density at radius 3 is 2.44 bits per heavy atom. The molecule has 25 heavy (non-hydrogen) atoms. The first-order chi connectivity index (χ1) is 12.3. The van der Waals surface area contributed by atoms with E-state index in [2.05, 4.69) is 27.8 Å². The lowest BCUT2D eigenvalue weighted by Gasteiger charge is -2.12. The number of nitrogens with zero attached hydrogens (tertiary/aromatic N) is 1. The van der Waals surface area contributed by atoms with Gasteiger partial charge in [0.2, 0.25) is 0 Å². The maximum atomic E-state index is 5.89. The number of ether oxygens (including phenoxy) is 1. The van der Waals surface area contributed by atoms with Crippen LogP contribution in [0.5, 0.6) is 0 Å². The summed E-state index contributed by atoms with van der Waals surface area (Å²) < 4.78 is 5.68. The van der Waals surface area contributed by atoms with Crippen LogP contribution in [0.15, 0.2) is 59.6 Å². The molecular formula is C20H26ClN3O. The molecule has 0 saturated carbocycles. The molecule has 2 aromatic rings. The van der Waals surface area contributed by atoms with Gasteiger partial charge < -0.3 is 15.4 Å². The standard InChI is InChI=1S/C20H26ClN3O/c1-22-20(24-15-17-9-11-19(21)12-10-17)23-13-5-6-14-25-16-18-7-3-2-4-8-18/h2-4,7-12H,5-6,13-16H2,1H3,(H2,22,23,24). The molecule has 0 unspecified atom stereocenters. The number of aliphatic imine (C=N–C) groups is 1. The Bertz CT molecular complexity index is 629. The molecule has 0 aliphatic rings. The third-order valence-corrected chi connectivity index (χ3v) is 3.97. The van der Waals surface area contributed by atoms with E-state index in [4.69, 9.17) is 16.3 Å². The van der Waals surface area contributed by atoms with Crippen molar-refractivity contribution in [3.05, 3.63) is 70.7 Å². The number of halogens is 1. The van der Waals surface area contributed by atoms with Gasteiger partial charge in [0, 0.05) is 31.8 Å². The topological polar surface area (TPSA) is 45.7 Å². The monoisotopic (exact) mass is 359 g/mol. The summed E-state index contributed by atoms with van der Waals surface area (Å²) in [6.45, 7) is 3.04. The highest BCUT2D eigenvalue weighted by molar-refractivity contribution is 6.30. The fourth-order valence-corrected chi connectivity index (χ4v) is 2.43. The quantitative estimate of drug-likeness (QED) is 0.404. The third-order valence-electron chi connectivity index (χ3n) is 3.72. The van der Waals surface area contributed by atoms with Crippen molar-refractivity contribution in [2.45, 2.75) is 26.0 Å². The van der Waals surface area contributed by atoms with Crippen LogP contribution < -0.4 is 10.6 Å². The van der Waals surface area contributed by atoms with E-state index in [0.29, 0.717) is 6.61 Å². The molecule has 0 radical (unpaired) electrons. The van der Waals surface area contributed by atoms with Gasteiger partial charge in [-0.05, 0) is 36.1 Å². The molecular weight excluding hydrogens is 334 g/mol. The summed E-state index contributed by atoms with van der Waals surface area (Å²) in [5.74, 6) is 0.806. The van der Waals surface area contributed by atoms with Crippen LogP contribution in [0.3, 0.4) is 0 Å². The van der Waals surface area contributed by atoms with Gasteiger partial charge in [-0.3, -0.25) is 4.99 Å². The lowest BCUT2D eigenvalue weighted by molar-refractivity contribution is 0.117. The number of rotatable bonds is 9. The van der Waals surface area contributed by atoms with E-state index in [1.807, 2.05) is 42.5 Å². The number of benzene rings is 2. The van der Waals surface area contributed by atoms with E-state index in [9.17, 15) is 0 Å². The molecule has 0 saturated heterocycles. The van der Waals surface area contributed by atoms with Crippen LogP contribution in [-0.2, 0) is 17.9 Å². The fraction of sp³-hybridized carbons (Fsp3) is 0.350. The van der Waals surface area contributed by atoms with E-state index in [1.165, 1.54) is 11.1 Å². The van der Waals surface area contributed by atoms with Gasteiger partial charge >= 0.3 is 0 Å².